The third-order valence-electron chi connectivity index (χ3n) is 4.42. The number of aliphatic carboxylic acids is 1. The van der Waals surface area contributed by atoms with Gasteiger partial charge in [-0.15, -0.1) is 11.3 Å². The second kappa shape index (κ2) is 9.22. The molecule has 2 aromatic rings. The average molecular weight is 418 g/mol. The van der Waals surface area contributed by atoms with Gasteiger partial charge >= 0.3 is 11.9 Å². The molecule has 1 heterocycles. The van der Waals surface area contributed by atoms with Crippen molar-refractivity contribution in [2.45, 2.75) is 52.9 Å². The van der Waals surface area contributed by atoms with E-state index in [-0.39, 0.29) is 24.9 Å². The van der Waals surface area contributed by atoms with Crippen molar-refractivity contribution in [1.82, 2.24) is 0 Å². The minimum Gasteiger partial charge on any atom is -0.481 e. The lowest BCUT2D eigenvalue weighted by Gasteiger charge is -2.19. The number of rotatable bonds is 7. The molecular weight excluding hydrogens is 390 g/mol. The summed E-state index contributed by atoms with van der Waals surface area (Å²) < 4.78 is 5.22. The van der Waals surface area contributed by atoms with Gasteiger partial charge in [0.25, 0.3) is 0 Å². The lowest BCUT2D eigenvalue weighted by molar-refractivity contribution is -0.138. The fraction of sp³-hybridized carbons (Fsp3) is 0.409. The normalized spacial score (nSPS) is 11.2. The van der Waals surface area contributed by atoms with Crippen LogP contribution in [0.3, 0.4) is 0 Å². The number of hydrogen-bond donors (Lipinski definition) is 2. The summed E-state index contributed by atoms with van der Waals surface area (Å²) in [6, 6.07) is 8.00. The molecule has 0 aliphatic rings. The first-order valence-electron chi connectivity index (χ1n) is 9.47. The van der Waals surface area contributed by atoms with Crippen molar-refractivity contribution in [3.05, 3.63) is 40.3 Å². The van der Waals surface area contributed by atoms with Crippen LogP contribution < -0.4 is 5.32 Å². The zero-order chi connectivity index (χ0) is 21.8. The van der Waals surface area contributed by atoms with Crippen molar-refractivity contribution in [2.24, 2.45) is 0 Å². The van der Waals surface area contributed by atoms with E-state index in [9.17, 15) is 14.4 Å². The second-order valence-corrected chi connectivity index (χ2v) is 8.95. The lowest BCUT2D eigenvalue weighted by Crippen LogP contribution is -2.15. The molecule has 0 radical (unpaired) electrons. The number of hydrogen-bond acceptors (Lipinski definition) is 5. The summed E-state index contributed by atoms with van der Waals surface area (Å²) >= 11 is 1.28. The summed E-state index contributed by atoms with van der Waals surface area (Å²) in [7, 11) is 0. The monoisotopic (exact) mass is 417 g/mol. The molecule has 0 aliphatic carbocycles. The van der Waals surface area contributed by atoms with Gasteiger partial charge in [0.05, 0.1) is 13.0 Å². The highest BCUT2D eigenvalue weighted by molar-refractivity contribution is 7.17. The summed E-state index contributed by atoms with van der Waals surface area (Å²) in [4.78, 5) is 36.4. The minimum atomic E-state index is -1.05. The Kier molecular flexibility index (Phi) is 7.19. The number of amides is 1. The quantitative estimate of drug-likeness (QED) is 0.618. The number of carboxylic acid groups (broad SMARTS) is 1. The molecule has 6 nitrogen and oxygen atoms in total. The smallest absolute Gasteiger partial charge is 0.341 e. The number of esters is 1. The topological polar surface area (TPSA) is 92.7 Å². The van der Waals surface area contributed by atoms with Crippen molar-refractivity contribution < 1.29 is 24.2 Å². The first-order valence-corrected chi connectivity index (χ1v) is 10.3. The van der Waals surface area contributed by atoms with Crippen LogP contribution in [0.4, 0.5) is 5.00 Å². The summed E-state index contributed by atoms with van der Waals surface area (Å²) in [6.45, 7) is 10.2. The number of ether oxygens (including phenoxy) is 1. The Balaban J connectivity index is 2.46. The lowest BCUT2D eigenvalue weighted by atomic mass is 9.86. The molecule has 0 bridgehead atoms. The molecule has 1 amide bonds. The molecule has 0 aliphatic heterocycles. The standard InChI is InChI=1S/C22H27NO5S/c1-6-28-21(27)19-18(14-7-9-15(10-8-14)22(3,4)5)13(2)29-20(19)23-16(24)11-12-17(25)26/h7-10H,6,11-12H2,1-5H3,(H,23,24)(H,25,26). The van der Waals surface area contributed by atoms with Crippen molar-refractivity contribution in [3.8, 4) is 11.1 Å². The molecule has 0 unspecified atom stereocenters. The van der Waals surface area contributed by atoms with Gasteiger partial charge in [0.15, 0.2) is 0 Å². The molecule has 0 spiro atoms. The average Bonchev–Trinajstić information content (AvgIpc) is 2.95. The largest absolute Gasteiger partial charge is 0.481 e. The van der Waals surface area contributed by atoms with E-state index in [1.54, 1.807) is 6.92 Å². The van der Waals surface area contributed by atoms with Gasteiger partial charge in [0.2, 0.25) is 5.91 Å². The van der Waals surface area contributed by atoms with Crippen molar-refractivity contribution in [3.63, 3.8) is 0 Å². The molecule has 0 fully saturated rings. The van der Waals surface area contributed by atoms with E-state index in [4.69, 9.17) is 9.84 Å². The van der Waals surface area contributed by atoms with Gasteiger partial charge < -0.3 is 15.2 Å². The van der Waals surface area contributed by atoms with E-state index in [1.807, 2.05) is 31.2 Å². The van der Waals surface area contributed by atoms with Crippen molar-refractivity contribution >= 4 is 34.2 Å². The number of nitrogens with one attached hydrogen (secondary N) is 1. The van der Waals surface area contributed by atoms with Crippen molar-refractivity contribution in [1.29, 1.82) is 0 Å². The Hall–Kier alpha value is -2.67. The van der Waals surface area contributed by atoms with Crippen LogP contribution in [0, 0.1) is 6.92 Å². The van der Waals surface area contributed by atoms with Gasteiger partial charge in [-0.2, -0.15) is 0 Å². The fourth-order valence-electron chi connectivity index (χ4n) is 2.92. The number of carbonyl (C=O) groups excluding carboxylic acids is 2. The highest BCUT2D eigenvalue weighted by atomic mass is 32.1. The Morgan fingerprint density at radius 3 is 2.24 bits per heavy atom. The molecular formula is C22H27NO5S. The van der Waals surface area contributed by atoms with Gasteiger partial charge in [-0.3, -0.25) is 9.59 Å². The predicted molar refractivity (Wildman–Crippen MR) is 115 cm³/mol. The number of anilines is 1. The minimum absolute atomic E-state index is 0.00939. The third-order valence-corrected chi connectivity index (χ3v) is 5.44. The fourth-order valence-corrected chi connectivity index (χ4v) is 4.01. The Morgan fingerprint density at radius 2 is 1.72 bits per heavy atom. The molecule has 0 saturated heterocycles. The molecule has 2 rings (SSSR count). The highest BCUT2D eigenvalue weighted by Gasteiger charge is 2.26. The number of carbonyl (C=O) groups is 3. The van der Waals surface area contributed by atoms with Crippen LogP contribution in [0.5, 0.6) is 0 Å². The predicted octanol–water partition coefficient (Wildman–Crippen LogP) is 5.00. The molecule has 0 saturated carbocycles. The molecule has 29 heavy (non-hydrogen) atoms. The van der Waals surface area contributed by atoms with Crippen LogP contribution in [-0.2, 0) is 19.7 Å². The van der Waals surface area contributed by atoms with Gasteiger partial charge in [0, 0.05) is 16.9 Å². The summed E-state index contributed by atoms with van der Waals surface area (Å²) in [6.07, 6.45) is -0.434. The number of thiophene rings is 1. The Labute approximate surface area is 174 Å². The van der Waals surface area contributed by atoms with E-state index >= 15 is 0 Å². The van der Waals surface area contributed by atoms with Crippen molar-refractivity contribution in [2.75, 3.05) is 11.9 Å². The first-order chi connectivity index (χ1) is 13.5. The molecule has 1 aromatic heterocycles. The maximum absolute atomic E-state index is 12.7. The van der Waals surface area contributed by atoms with Gasteiger partial charge in [-0.1, -0.05) is 45.0 Å². The zero-order valence-corrected chi connectivity index (χ0v) is 18.2. The molecule has 7 heteroatoms. The van der Waals surface area contributed by atoms with Gasteiger partial charge in [-0.25, -0.2) is 4.79 Å². The summed E-state index contributed by atoms with van der Waals surface area (Å²) in [5.74, 6) is -2.01. The highest BCUT2D eigenvalue weighted by Crippen LogP contribution is 2.41. The molecule has 0 atom stereocenters. The maximum atomic E-state index is 12.7. The van der Waals surface area contributed by atoms with E-state index in [1.165, 1.54) is 16.9 Å². The van der Waals surface area contributed by atoms with E-state index in [0.717, 1.165) is 16.0 Å². The maximum Gasteiger partial charge on any atom is 0.341 e. The van der Waals surface area contributed by atoms with Crippen LogP contribution in [0.25, 0.3) is 11.1 Å². The van der Waals surface area contributed by atoms with E-state index in [2.05, 4.69) is 26.1 Å². The van der Waals surface area contributed by atoms with E-state index < -0.39 is 17.8 Å². The first kappa shape index (κ1) is 22.6. The number of aryl methyl sites for hydroxylation is 1. The molecule has 2 N–H and O–H groups in total. The summed E-state index contributed by atoms with van der Waals surface area (Å²) in [5.41, 5.74) is 3.08. The van der Waals surface area contributed by atoms with Crippen LogP contribution >= 0.6 is 11.3 Å². The third kappa shape index (κ3) is 5.67. The second-order valence-electron chi connectivity index (χ2n) is 7.73. The van der Waals surface area contributed by atoms with Crippen LogP contribution in [0.1, 0.15) is 61.3 Å². The Bertz CT molecular complexity index is 907. The summed E-state index contributed by atoms with van der Waals surface area (Å²) in [5, 5.41) is 11.8. The molecule has 156 valence electrons. The van der Waals surface area contributed by atoms with Crippen LogP contribution in [0.15, 0.2) is 24.3 Å². The number of carboxylic acids is 1. The van der Waals surface area contributed by atoms with E-state index in [0.29, 0.717) is 10.6 Å². The van der Waals surface area contributed by atoms with Crippen LogP contribution in [0.2, 0.25) is 0 Å². The SMILES string of the molecule is CCOC(=O)c1c(NC(=O)CCC(=O)O)sc(C)c1-c1ccc(C(C)(C)C)cc1. The Morgan fingerprint density at radius 1 is 1.10 bits per heavy atom. The number of benzene rings is 1. The van der Waals surface area contributed by atoms with Crippen LogP contribution in [-0.4, -0.2) is 29.6 Å². The molecule has 1 aromatic carbocycles. The van der Waals surface area contributed by atoms with Gasteiger partial charge in [-0.05, 0) is 30.4 Å². The zero-order valence-electron chi connectivity index (χ0n) is 17.4. The van der Waals surface area contributed by atoms with Gasteiger partial charge in [0.1, 0.15) is 10.6 Å².